The summed E-state index contributed by atoms with van der Waals surface area (Å²) in [6, 6.07) is 5.59. The van der Waals surface area contributed by atoms with Crippen LogP contribution in [0.5, 0.6) is 0 Å². The summed E-state index contributed by atoms with van der Waals surface area (Å²) in [5.41, 5.74) is 2.62. The monoisotopic (exact) mass is 245 g/mol. The number of carbonyl (C=O) groups excluding carboxylic acids is 1. The van der Waals surface area contributed by atoms with Crippen LogP contribution in [0.15, 0.2) is 24.5 Å². The number of carbonyl (C=O) groups is 1. The summed E-state index contributed by atoms with van der Waals surface area (Å²) < 4.78 is 1.94. The molecule has 2 rings (SSSR count). The summed E-state index contributed by atoms with van der Waals surface area (Å²) in [5, 5.41) is 2.94. The summed E-state index contributed by atoms with van der Waals surface area (Å²) in [7, 11) is 1.94. The molecule has 0 spiro atoms. The molecule has 1 heterocycles. The predicted octanol–water partition coefficient (Wildman–Crippen LogP) is 2.35. The standard InChI is InChI=1S/C14H19N3O/c1-14(2,3)8-15-13(18)10-5-6-12-11(7-10)16-9-17(12)4/h5-7,9H,8H2,1-4H3,(H,15,18). The van der Waals surface area contributed by atoms with Crippen molar-refractivity contribution in [3.05, 3.63) is 30.1 Å². The average molecular weight is 245 g/mol. The molecule has 2 aromatic rings. The van der Waals surface area contributed by atoms with Gasteiger partial charge in [-0.2, -0.15) is 0 Å². The second kappa shape index (κ2) is 4.44. The van der Waals surface area contributed by atoms with Crippen LogP contribution in [0.4, 0.5) is 0 Å². The van der Waals surface area contributed by atoms with E-state index in [0.29, 0.717) is 12.1 Å². The van der Waals surface area contributed by atoms with Crippen LogP contribution < -0.4 is 5.32 Å². The van der Waals surface area contributed by atoms with Crippen molar-refractivity contribution >= 4 is 16.9 Å². The second-order valence-electron chi connectivity index (χ2n) is 5.80. The first-order valence-electron chi connectivity index (χ1n) is 6.06. The van der Waals surface area contributed by atoms with Gasteiger partial charge in [0, 0.05) is 19.2 Å². The number of amides is 1. The molecule has 1 amide bonds. The van der Waals surface area contributed by atoms with Crippen LogP contribution in [-0.4, -0.2) is 22.0 Å². The Kier molecular flexibility index (Phi) is 3.11. The Morgan fingerprint density at radius 2 is 2.11 bits per heavy atom. The Balaban J connectivity index is 2.18. The maximum Gasteiger partial charge on any atom is 0.251 e. The van der Waals surface area contributed by atoms with E-state index < -0.39 is 0 Å². The smallest absolute Gasteiger partial charge is 0.251 e. The molecule has 0 aliphatic carbocycles. The normalized spacial score (nSPS) is 11.8. The molecule has 0 radical (unpaired) electrons. The number of aryl methyl sites for hydroxylation is 1. The number of rotatable bonds is 2. The first kappa shape index (κ1) is 12.6. The Labute approximate surface area is 107 Å². The zero-order chi connectivity index (χ0) is 13.3. The third-order valence-corrected chi connectivity index (χ3v) is 2.77. The molecule has 1 aromatic carbocycles. The van der Waals surface area contributed by atoms with Crippen molar-refractivity contribution in [2.45, 2.75) is 20.8 Å². The molecule has 18 heavy (non-hydrogen) atoms. The van der Waals surface area contributed by atoms with Crippen LogP contribution in [0.1, 0.15) is 31.1 Å². The molecule has 0 saturated heterocycles. The van der Waals surface area contributed by atoms with E-state index in [1.807, 2.05) is 29.8 Å². The summed E-state index contributed by atoms with van der Waals surface area (Å²) in [4.78, 5) is 16.2. The molecule has 4 heteroatoms. The van der Waals surface area contributed by atoms with Gasteiger partial charge in [-0.05, 0) is 23.6 Å². The highest BCUT2D eigenvalue weighted by Crippen LogP contribution is 2.15. The summed E-state index contributed by atoms with van der Waals surface area (Å²) in [6.45, 7) is 6.94. The molecule has 0 saturated carbocycles. The number of nitrogens with zero attached hydrogens (tertiary/aromatic N) is 2. The van der Waals surface area contributed by atoms with Gasteiger partial charge in [0.05, 0.1) is 17.4 Å². The number of aromatic nitrogens is 2. The van der Waals surface area contributed by atoms with E-state index in [0.717, 1.165) is 11.0 Å². The van der Waals surface area contributed by atoms with Crippen LogP contribution in [0.25, 0.3) is 11.0 Å². The van der Waals surface area contributed by atoms with Crippen molar-refractivity contribution in [3.63, 3.8) is 0 Å². The van der Waals surface area contributed by atoms with Gasteiger partial charge in [0.1, 0.15) is 0 Å². The van der Waals surface area contributed by atoms with Gasteiger partial charge in [0.15, 0.2) is 0 Å². The molecule has 0 unspecified atom stereocenters. The third kappa shape index (κ3) is 2.70. The number of nitrogens with one attached hydrogen (secondary N) is 1. The number of imidazole rings is 1. The number of hydrogen-bond acceptors (Lipinski definition) is 2. The Morgan fingerprint density at radius 1 is 1.39 bits per heavy atom. The lowest BCUT2D eigenvalue weighted by Gasteiger charge is -2.18. The van der Waals surface area contributed by atoms with Crippen LogP contribution in [0, 0.1) is 5.41 Å². The first-order valence-corrected chi connectivity index (χ1v) is 6.06. The van der Waals surface area contributed by atoms with Gasteiger partial charge in [0.25, 0.3) is 5.91 Å². The minimum atomic E-state index is -0.0440. The largest absolute Gasteiger partial charge is 0.352 e. The maximum atomic E-state index is 12.0. The van der Waals surface area contributed by atoms with Gasteiger partial charge in [0.2, 0.25) is 0 Å². The zero-order valence-electron chi connectivity index (χ0n) is 11.3. The number of fused-ring (bicyclic) bond motifs is 1. The van der Waals surface area contributed by atoms with Crippen LogP contribution in [0.3, 0.4) is 0 Å². The minimum Gasteiger partial charge on any atom is -0.352 e. The van der Waals surface area contributed by atoms with E-state index in [4.69, 9.17) is 0 Å². The van der Waals surface area contributed by atoms with E-state index in [2.05, 4.69) is 31.1 Å². The van der Waals surface area contributed by atoms with Gasteiger partial charge in [-0.1, -0.05) is 20.8 Å². The van der Waals surface area contributed by atoms with Crippen molar-refractivity contribution in [1.82, 2.24) is 14.9 Å². The van der Waals surface area contributed by atoms with Crippen LogP contribution >= 0.6 is 0 Å². The predicted molar refractivity (Wildman–Crippen MR) is 72.5 cm³/mol. The minimum absolute atomic E-state index is 0.0440. The molecule has 1 N–H and O–H groups in total. The van der Waals surface area contributed by atoms with Crippen molar-refractivity contribution in [2.24, 2.45) is 12.5 Å². The summed E-state index contributed by atoms with van der Waals surface area (Å²) in [6.07, 6.45) is 1.75. The topological polar surface area (TPSA) is 46.9 Å². The lowest BCUT2D eigenvalue weighted by Crippen LogP contribution is -2.32. The number of hydrogen-bond donors (Lipinski definition) is 1. The molecule has 0 aliphatic rings. The van der Waals surface area contributed by atoms with Gasteiger partial charge in [-0.3, -0.25) is 4.79 Å². The fraction of sp³-hybridized carbons (Fsp3) is 0.429. The van der Waals surface area contributed by atoms with Crippen molar-refractivity contribution in [3.8, 4) is 0 Å². The summed E-state index contributed by atoms with van der Waals surface area (Å²) >= 11 is 0. The fourth-order valence-corrected chi connectivity index (χ4v) is 1.72. The average Bonchev–Trinajstić information content (AvgIpc) is 2.66. The van der Waals surface area contributed by atoms with E-state index in [1.54, 1.807) is 6.33 Å². The molecular weight excluding hydrogens is 226 g/mol. The van der Waals surface area contributed by atoms with E-state index in [9.17, 15) is 4.79 Å². The third-order valence-electron chi connectivity index (χ3n) is 2.77. The maximum absolute atomic E-state index is 12.0. The fourth-order valence-electron chi connectivity index (χ4n) is 1.72. The SMILES string of the molecule is Cn1cnc2cc(C(=O)NCC(C)(C)C)ccc21. The molecule has 4 nitrogen and oxygen atoms in total. The highest BCUT2D eigenvalue weighted by atomic mass is 16.1. The molecule has 0 aliphatic heterocycles. The zero-order valence-corrected chi connectivity index (χ0v) is 11.3. The van der Waals surface area contributed by atoms with Crippen molar-refractivity contribution < 1.29 is 4.79 Å². The highest BCUT2D eigenvalue weighted by molar-refractivity contribution is 5.97. The van der Waals surface area contributed by atoms with E-state index in [1.165, 1.54) is 0 Å². The lowest BCUT2D eigenvalue weighted by atomic mass is 9.97. The van der Waals surface area contributed by atoms with Gasteiger partial charge < -0.3 is 9.88 Å². The summed E-state index contributed by atoms with van der Waals surface area (Å²) in [5.74, 6) is -0.0440. The van der Waals surface area contributed by atoms with Crippen LogP contribution in [-0.2, 0) is 7.05 Å². The van der Waals surface area contributed by atoms with Gasteiger partial charge >= 0.3 is 0 Å². The van der Waals surface area contributed by atoms with E-state index >= 15 is 0 Å². The Bertz CT molecular complexity index is 578. The van der Waals surface area contributed by atoms with Crippen molar-refractivity contribution in [1.29, 1.82) is 0 Å². The second-order valence-corrected chi connectivity index (χ2v) is 5.80. The Hall–Kier alpha value is -1.84. The lowest BCUT2D eigenvalue weighted by molar-refractivity contribution is 0.0939. The molecule has 0 fully saturated rings. The molecule has 0 bridgehead atoms. The number of benzene rings is 1. The van der Waals surface area contributed by atoms with Gasteiger partial charge in [-0.25, -0.2) is 4.98 Å². The van der Waals surface area contributed by atoms with Crippen molar-refractivity contribution in [2.75, 3.05) is 6.54 Å². The van der Waals surface area contributed by atoms with Gasteiger partial charge in [-0.15, -0.1) is 0 Å². The highest BCUT2D eigenvalue weighted by Gasteiger charge is 2.13. The Morgan fingerprint density at radius 3 is 2.78 bits per heavy atom. The molecule has 0 atom stereocenters. The quantitative estimate of drug-likeness (QED) is 0.882. The molecule has 96 valence electrons. The van der Waals surface area contributed by atoms with E-state index in [-0.39, 0.29) is 11.3 Å². The first-order chi connectivity index (χ1) is 8.37. The van der Waals surface area contributed by atoms with Crippen LogP contribution in [0.2, 0.25) is 0 Å². The molecular formula is C14H19N3O. The molecule has 1 aromatic heterocycles.